The molecule has 2 rings (SSSR count). The summed E-state index contributed by atoms with van der Waals surface area (Å²) in [5, 5.41) is 1.95. The number of carbonyl (C=O) groups excluding carboxylic acids is 1. The minimum Gasteiger partial charge on any atom is -0.305 e. The summed E-state index contributed by atoms with van der Waals surface area (Å²) < 4.78 is 6.09. The van der Waals surface area contributed by atoms with Crippen LogP contribution in [0.15, 0.2) is 42.5 Å². The van der Waals surface area contributed by atoms with Crippen LogP contribution in [0.25, 0.3) is 10.8 Å². The quantitative estimate of drug-likeness (QED) is 0.218. The number of fused-ring (bicyclic) bond motifs is 1. The Morgan fingerprint density at radius 1 is 0.815 bits per heavy atom. The molecule has 0 aliphatic carbocycles. The summed E-state index contributed by atoms with van der Waals surface area (Å²) in [5.41, 5.74) is 0.581. The largest absolute Gasteiger partial charge is 0.372 e. The Kier molecular flexibility index (Phi) is 9.02. The molecule has 148 valence electrons. The molecular formula is C23H34O3Si. The van der Waals surface area contributed by atoms with E-state index in [1.54, 1.807) is 0 Å². The molecule has 0 fully saturated rings. The van der Waals surface area contributed by atoms with Gasteiger partial charge in [0.05, 0.1) is 5.56 Å². The third kappa shape index (κ3) is 6.18. The first-order valence-electron chi connectivity index (χ1n) is 10.5. The van der Waals surface area contributed by atoms with E-state index >= 15 is 0 Å². The standard InChI is InChI=1S/C23H34O3Si/c1-4-7-17-27(18-8-5-2,19-9-6-3)26-25-23(24)22-16-12-14-20-13-10-11-15-21(20)22/h10-16H,4-9,17-19H2,1-3H3. The monoisotopic (exact) mass is 386 g/mol. The molecule has 0 aromatic heterocycles. The molecule has 2 aromatic carbocycles. The number of unbranched alkanes of at least 4 members (excludes halogenated alkanes) is 3. The molecule has 0 radical (unpaired) electrons. The van der Waals surface area contributed by atoms with Crippen molar-refractivity contribution in [1.82, 2.24) is 0 Å². The van der Waals surface area contributed by atoms with Gasteiger partial charge in [-0.25, -0.2) is 9.37 Å². The molecule has 0 unspecified atom stereocenters. The van der Waals surface area contributed by atoms with E-state index in [0.717, 1.165) is 67.4 Å². The maximum atomic E-state index is 12.8. The van der Waals surface area contributed by atoms with Crippen LogP contribution in [0.1, 0.15) is 69.7 Å². The fraction of sp³-hybridized carbons (Fsp3) is 0.522. The number of benzene rings is 2. The molecule has 0 saturated heterocycles. The predicted molar refractivity (Wildman–Crippen MR) is 115 cm³/mol. The highest BCUT2D eigenvalue weighted by molar-refractivity contribution is 6.73. The molecule has 2 aromatic rings. The molecule has 0 saturated carbocycles. The second-order valence-corrected chi connectivity index (χ2v) is 11.5. The van der Waals surface area contributed by atoms with Crippen LogP contribution in [0, 0.1) is 0 Å². The van der Waals surface area contributed by atoms with Crippen LogP contribution in [0.2, 0.25) is 18.1 Å². The Hall–Kier alpha value is -1.65. The summed E-state index contributed by atoms with van der Waals surface area (Å²) in [7, 11) is -2.06. The zero-order valence-corrected chi connectivity index (χ0v) is 18.1. The van der Waals surface area contributed by atoms with Crippen LogP contribution in [0.4, 0.5) is 0 Å². The van der Waals surface area contributed by atoms with Gasteiger partial charge in [0.15, 0.2) is 0 Å². The second-order valence-electron chi connectivity index (χ2n) is 7.47. The van der Waals surface area contributed by atoms with Gasteiger partial charge < -0.3 is 4.89 Å². The van der Waals surface area contributed by atoms with E-state index < -0.39 is 8.32 Å². The first-order chi connectivity index (χ1) is 13.2. The van der Waals surface area contributed by atoms with Crippen LogP contribution >= 0.6 is 0 Å². The van der Waals surface area contributed by atoms with Gasteiger partial charge in [0.2, 0.25) is 0 Å². The van der Waals surface area contributed by atoms with Crippen molar-refractivity contribution < 1.29 is 14.3 Å². The maximum Gasteiger partial charge on any atom is 0.372 e. The van der Waals surface area contributed by atoms with Crippen molar-refractivity contribution in [2.24, 2.45) is 0 Å². The lowest BCUT2D eigenvalue weighted by atomic mass is 10.1. The minimum absolute atomic E-state index is 0.367. The summed E-state index contributed by atoms with van der Waals surface area (Å²) in [6.45, 7) is 6.63. The zero-order chi connectivity index (χ0) is 19.5. The summed E-state index contributed by atoms with van der Waals surface area (Å²) >= 11 is 0. The SMILES string of the molecule is CCCC[Si](CCCC)(CCCC)OOC(=O)c1cccc2ccccc12. The molecule has 0 aliphatic rings. The van der Waals surface area contributed by atoms with Crippen LogP contribution in [-0.4, -0.2) is 14.3 Å². The van der Waals surface area contributed by atoms with Crippen molar-refractivity contribution >= 4 is 25.1 Å². The van der Waals surface area contributed by atoms with Gasteiger partial charge in [0.1, 0.15) is 0 Å². The highest BCUT2D eigenvalue weighted by atomic mass is 28.4. The third-order valence-corrected chi connectivity index (χ3v) is 9.49. The molecule has 0 spiro atoms. The molecular weight excluding hydrogens is 352 g/mol. The summed E-state index contributed by atoms with van der Waals surface area (Å²) in [4.78, 5) is 18.3. The average Bonchev–Trinajstić information content (AvgIpc) is 2.72. The fourth-order valence-corrected chi connectivity index (χ4v) is 7.82. The molecule has 0 bridgehead atoms. The van der Waals surface area contributed by atoms with Crippen molar-refractivity contribution in [3.63, 3.8) is 0 Å². The van der Waals surface area contributed by atoms with Crippen molar-refractivity contribution in [1.29, 1.82) is 0 Å². The molecule has 4 heteroatoms. The average molecular weight is 387 g/mol. The first-order valence-corrected chi connectivity index (χ1v) is 13.1. The number of carbonyl (C=O) groups is 1. The summed E-state index contributed by atoms with van der Waals surface area (Å²) in [6.07, 6.45) is 6.87. The smallest absolute Gasteiger partial charge is 0.305 e. The van der Waals surface area contributed by atoms with E-state index in [1.807, 2.05) is 42.5 Å². The van der Waals surface area contributed by atoms with E-state index in [-0.39, 0.29) is 5.97 Å². The molecule has 0 amide bonds. The lowest BCUT2D eigenvalue weighted by molar-refractivity contribution is -0.162. The molecule has 0 atom stereocenters. The normalized spacial score (nSPS) is 11.7. The van der Waals surface area contributed by atoms with Gasteiger partial charge >= 0.3 is 5.97 Å². The predicted octanol–water partition coefficient (Wildman–Crippen LogP) is 7.27. The lowest BCUT2D eigenvalue weighted by Crippen LogP contribution is -2.39. The van der Waals surface area contributed by atoms with Crippen molar-refractivity contribution in [3.05, 3.63) is 48.0 Å². The highest BCUT2D eigenvalue weighted by Crippen LogP contribution is 2.30. The maximum absolute atomic E-state index is 12.8. The Morgan fingerprint density at radius 2 is 1.37 bits per heavy atom. The lowest BCUT2D eigenvalue weighted by Gasteiger charge is -2.29. The van der Waals surface area contributed by atoms with E-state index in [0.29, 0.717) is 5.56 Å². The fourth-order valence-electron chi connectivity index (χ4n) is 3.57. The van der Waals surface area contributed by atoms with Crippen molar-refractivity contribution in [2.75, 3.05) is 0 Å². The van der Waals surface area contributed by atoms with Crippen LogP contribution in [-0.2, 0) is 9.46 Å². The summed E-state index contributed by atoms with van der Waals surface area (Å²) in [5.74, 6) is -0.367. The van der Waals surface area contributed by atoms with Gasteiger partial charge in [-0.1, -0.05) is 95.7 Å². The first kappa shape index (κ1) is 21.6. The Labute approximate surface area is 165 Å². The second kappa shape index (κ2) is 11.2. The zero-order valence-electron chi connectivity index (χ0n) is 17.1. The molecule has 0 heterocycles. The van der Waals surface area contributed by atoms with Crippen molar-refractivity contribution in [3.8, 4) is 0 Å². The van der Waals surface area contributed by atoms with Gasteiger partial charge in [-0.3, -0.25) is 0 Å². The third-order valence-electron chi connectivity index (χ3n) is 5.26. The molecule has 27 heavy (non-hydrogen) atoms. The molecule has 0 N–H and O–H groups in total. The van der Waals surface area contributed by atoms with Crippen LogP contribution < -0.4 is 0 Å². The van der Waals surface area contributed by atoms with Gasteiger partial charge in [-0.2, -0.15) is 0 Å². The van der Waals surface area contributed by atoms with E-state index in [2.05, 4.69) is 20.8 Å². The van der Waals surface area contributed by atoms with Gasteiger partial charge in [-0.05, 0) is 35.0 Å². The minimum atomic E-state index is -2.06. The number of hydrogen-bond acceptors (Lipinski definition) is 3. The number of rotatable bonds is 12. The Balaban J connectivity index is 2.16. The van der Waals surface area contributed by atoms with E-state index in [4.69, 9.17) is 9.46 Å². The van der Waals surface area contributed by atoms with Gasteiger partial charge in [0.25, 0.3) is 8.32 Å². The summed E-state index contributed by atoms with van der Waals surface area (Å²) in [6, 6.07) is 16.9. The highest BCUT2D eigenvalue weighted by Gasteiger charge is 2.37. The molecule has 3 nitrogen and oxygen atoms in total. The Morgan fingerprint density at radius 3 is 1.96 bits per heavy atom. The van der Waals surface area contributed by atoms with Gasteiger partial charge in [-0.15, -0.1) is 0 Å². The van der Waals surface area contributed by atoms with E-state index in [1.165, 1.54) is 0 Å². The molecule has 0 aliphatic heterocycles. The topological polar surface area (TPSA) is 35.5 Å². The van der Waals surface area contributed by atoms with Crippen LogP contribution in [0.3, 0.4) is 0 Å². The Bertz CT molecular complexity index is 687. The van der Waals surface area contributed by atoms with Crippen molar-refractivity contribution in [2.45, 2.75) is 77.4 Å². The van der Waals surface area contributed by atoms with E-state index in [9.17, 15) is 4.79 Å². The van der Waals surface area contributed by atoms with Gasteiger partial charge in [0, 0.05) is 0 Å². The van der Waals surface area contributed by atoms with Crippen LogP contribution in [0.5, 0.6) is 0 Å². The number of hydrogen-bond donors (Lipinski definition) is 0.